The number of benzene rings is 1. The first-order valence-electron chi connectivity index (χ1n) is 17.6. The van der Waals surface area contributed by atoms with Crippen LogP contribution in [0.15, 0.2) is 43.0 Å². The Kier molecular flexibility index (Phi) is 11.4. The van der Waals surface area contributed by atoms with Crippen molar-refractivity contribution in [2.45, 2.75) is 114 Å². The molecule has 5 rings (SSSR count). The van der Waals surface area contributed by atoms with Crippen molar-refractivity contribution in [3.63, 3.8) is 0 Å². The van der Waals surface area contributed by atoms with Crippen LogP contribution < -0.4 is 15.4 Å². The van der Waals surface area contributed by atoms with Crippen LogP contribution in [0.5, 0.6) is 0 Å². The fraction of sp³-hybridized carbons (Fsp3) is 0.556. The third-order valence-corrected chi connectivity index (χ3v) is 11.4. The molecular formula is C36H46FN5O10S. The van der Waals surface area contributed by atoms with Crippen LogP contribution in [0.4, 0.5) is 14.0 Å². The van der Waals surface area contributed by atoms with E-state index in [9.17, 15) is 41.6 Å². The SMILES string of the molecule is C=C[C@@H]1C[C@]1(NC(=O)[C@@H]1CC(OC(=O)N2Cc3cccc(F)c3C2)CN1C(=O)[C@H](CCC(=O)/C=C/C)NC(=O)OC(C)(C)C)C(=O)NS(=O)(=O)C1CC1. The van der Waals surface area contributed by atoms with Crippen molar-refractivity contribution in [1.29, 1.82) is 0 Å². The highest BCUT2D eigenvalue weighted by atomic mass is 32.2. The number of likely N-dealkylation sites (tertiary alicyclic amines) is 1. The maximum absolute atomic E-state index is 14.4. The van der Waals surface area contributed by atoms with E-state index in [-0.39, 0.29) is 51.1 Å². The van der Waals surface area contributed by atoms with Gasteiger partial charge in [-0.3, -0.25) is 28.8 Å². The van der Waals surface area contributed by atoms with Gasteiger partial charge in [-0.15, -0.1) is 6.58 Å². The summed E-state index contributed by atoms with van der Waals surface area (Å²) in [5.74, 6) is -3.96. The van der Waals surface area contributed by atoms with Crippen LogP contribution in [0.1, 0.15) is 77.3 Å². The molecular weight excluding hydrogens is 713 g/mol. The van der Waals surface area contributed by atoms with Gasteiger partial charge in [0.15, 0.2) is 5.78 Å². The number of hydrogen-bond acceptors (Lipinski definition) is 10. The highest BCUT2D eigenvalue weighted by Gasteiger charge is 2.62. The molecule has 0 spiro atoms. The maximum atomic E-state index is 14.4. The lowest BCUT2D eigenvalue weighted by Crippen LogP contribution is -2.58. The Bertz CT molecular complexity index is 1820. The van der Waals surface area contributed by atoms with Gasteiger partial charge in [-0.1, -0.05) is 24.3 Å². The number of ketones is 1. The summed E-state index contributed by atoms with van der Waals surface area (Å²) in [4.78, 5) is 82.8. The minimum Gasteiger partial charge on any atom is -0.444 e. The number of alkyl carbamates (subject to hydrolysis) is 1. The second-order valence-corrected chi connectivity index (χ2v) is 16.8. The summed E-state index contributed by atoms with van der Waals surface area (Å²) in [6, 6.07) is 1.79. The number of allylic oxidation sites excluding steroid dienone is 2. The average molecular weight is 760 g/mol. The molecule has 5 amide bonds. The standard InChI is InChI=1S/C36H46FN5O10S/c1-6-9-23(43)12-15-28(38-33(47)52-35(3,4)5)31(45)42-19-24(51-34(48)41-18-21-10-8-11-27(37)26(21)20-41)16-29(42)30(44)39-36(17-22(36)7-2)32(46)40-53(49,50)25-13-14-25/h6-11,22,24-25,28-29H,2,12-20H2,1,3-5H3,(H,38,47)(H,39,44)(H,40,46)/b9-6+/t22-,24?,28+,29+,36-/m1/s1. The number of carbonyl (C=O) groups excluding carboxylic acids is 6. The smallest absolute Gasteiger partial charge is 0.410 e. The van der Waals surface area contributed by atoms with Gasteiger partial charge < -0.3 is 25.0 Å². The number of sulfonamides is 1. The third kappa shape index (κ3) is 9.23. The Morgan fingerprint density at radius 1 is 1.13 bits per heavy atom. The lowest BCUT2D eigenvalue weighted by molar-refractivity contribution is -0.141. The first-order chi connectivity index (χ1) is 24.9. The molecule has 2 aliphatic heterocycles. The van der Waals surface area contributed by atoms with E-state index in [1.165, 1.54) is 35.3 Å². The van der Waals surface area contributed by atoms with Gasteiger partial charge in [-0.05, 0) is 71.1 Å². The molecule has 0 bridgehead atoms. The quantitative estimate of drug-likeness (QED) is 0.199. The maximum Gasteiger partial charge on any atom is 0.410 e. The van der Waals surface area contributed by atoms with Crippen molar-refractivity contribution in [2.24, 2.45) is 5.92 Å². The molecule has 3 N–H and O–H groups in total. The van der Waals surface area contributed by atoms with Crippen molar-refractivity contribution in [3.8, 4) is 0 Å². The van der Waals surface area contributed by atoms with Crippen LogP contribution in [-0.4, -0.2) is 95.0 Å². The summed E-state index contributed by atoms with van der Waals surface area (Å²) in [5.41, 5.74) is -1.64. The zero-order chi connectivity index (χ0) is 38.9. The summed E-state index contributed by atoms with van der Waals surface area (Å²) >= 11 is 0. The lowest BCUT2D eigenvalue weighted by Gasteiger charge is -2.30. The molecule has 2 saturated carbocycles. The van der Waals surface area contributed by atoms with Crippen molar-refractivity contribution < 1.29 is 51.0 Å². The van der Waals surface area contributed by atoms with Gasteiger partial charge in [0, 0.05) is 30.9 Å². The van der Waals surface area contributed by atoms with Crippen molar-refractivity contribution >= 4 is 45.7 Å². The fourth-order valence-corrected chi connectivity index (χ4v) is 7.95. The molecule has 1 aromatic carbocycles. The van der Waals surface area contributed by atoms with Crippen molar-refractivity contribution in [2.75, 3.05) is 6.54 Å². The molecule has 53 heavy (non-hydrogen) atoms. The normalized spacial score (nSPS) is 24.2. The zero-order valence-electron chi connectivity index (χ0n) is 30.2. The van der Waals surface area contributed by atoms with Gasteiger partial charge >= 0.3 is 12.2 Å². The van der Waals surface area contributed by atoms with E-state index >= 15 is 0 Å². The van der Waals surface area contributed by atoms with Crippen LogP contribution in [0.25, 0.3) is 0 Å². The number of carbonyl (C=O) groups is 6. The predicted octanol–water partition coefficient (Wildman–Crippen LogP) is 2.74. The summed E-state index contributed by atoms with van der Waals surface area (Å²) in [6.45, 7) is 9.95. The number of hydrogen-bond donors (Lipinski definition) is 3. The van der Waals surface area contributed by atoms with Gasteiger partial charge in [0.25, 0.3) is 5.91 Å². The van der Waals surface area contributed by atoms with Gasteiger partial charge in [-0.2, -0.15) is 0 Å². The van der Waals surface area contributed by atoms with E-state index in [4.69, 9.17) is 9.47 Å². The molecule has 0 aromatic heterocycles. The second-order valence-electron chi connectivity index (χ2n) is 14.9. The van der Waals surface area contributed by atoms with Crippen LogP contribution >= 0.6 is 0 Å². The lowest BCUT2D eigenvalue weighted by atomic mass is 10.1. The molecule has 15 nitrogen and oxygen atoms in total. The fourth-order valence-electron chi connectivity index (χ4n) is 6.58. The average Bonchev–Trinajstić information content (AvgIpc) is 3.96. The summed E-state index contributed by atoms with van der Waals surface area (Å²) in [5, 5.41) is 4.46. The Morgan fingerprint density at radius 3 is 2.45 bits per heavy atom. The topological polar surface area (TPSA) is 198 Å². The first-order valence-corrected chi connectivity index (χ1v) is 19.1. The van der Waals surface area contributed by atoms with Crippen LogP contribution in [0, 0.1) is 11.7 Å². The molecule has 1 saturated heterocycles. The highest BCUT2D eigenvalue weighted by Crippen LogP contribution is 2.45. The van der Waals surface area contributed by atoms with E-state index < -0.39 is 86.2 Å². The van der Waals surface area contributed by atoms with Crippen LogP contribution in [-0.2, 0) is 51.8 Å². The number of nitrogens with zero attached hydrogens (tertiary/aromatic N) is 2. The van der Waals surface area contributed by atoms with Gasteiger partial charge in [0.2, 0.25) is 21.8 Å². The monoisotopic (exact) mass is 759 g/mol. The number of nitrogens with one attached hydrogen (secondary N) is 3. The van der Waals surface area contributed by atoms with Crippen LogP contribution in [0.3, 0.4) is 0 Å². The molecule has 1 unspecified atom stereocenters. The molecule has 2 aliphatic carbocycles. The molecule has 4 aliphatic rings. The number of ether oxygens (including phenoxy) is 2. The molecule has 0 radical (unpaired) electrons. The Balaban J connectivity index is 1.39. The number of fused-ring (bicyclic) bond motifs is 1. The minimum atomic E-state index is -3.97. The van der Waals surface area contributed by atoms with Gasteiger partial charge in [0.1, 0.15) is 35.1 Å². The predicted molar refractivity (Wildman–Crippen MR) is 188 cm³/mol. The number of amides is 5. The Morgan fingerprint density at radius 2 is 1.85 bits per heavy atom. The van der Waals surface area contributed by atoms with Crippen molar-refractivity contribution in [1.82, 2.24) is 25.2 Å². The molecule has 288 valence electrons. The largest absolute Gasteiger partial charge is 0.444 e. The Labute approximate surface area is 307 Å². The molecule has 2 heterocycles. The zero-order valence-corrected chi connectivity index (χ0v) is 31.0. The van der Waals surface area contributed by atoms with Gasteiger partial charge in [0.05, 0.1) is 18.3 Å². The van der Waals surface area contributed by atoms with Gasteiger partial charge in [-0.25, -0.2) is 22.4 Å². The second kappa shape index (κ2) is 15.3. The molecule has 17 heteroatoms. The number of rotatable bonds is 13. The molecule has 5 atom stereocenters. The highest BCUT2D eigenvalue weighted by molar-refractivity contribution is 7.91. The number of halogens is 1. The first kappa shape index (κ1) is 39.4. The van der Waals surface area contributed by atoms with E-state index in [2.05, 4.69) is 21.9 Å². The van der Waals surface area contributed by atoms with Crippen molar-refractivity contribution in [3.05, 3.63) is 60.0 Å². The molecule has 3 fully saturated rings. The van der Waals surface area contributed by atoms with E-state index in [1.54, 1.807) is 33.8 Å². The summed E-state index contributed by atoms with van der Waals surface area (Å²) < 4.78 is 52.9. The third-order valence-electron chi connectivity index (χ3n) is 9.57. The van der Waals surface area contributed by atoms with E-state index in [1.807, 2.05) is 0 Å². The van der Waals surface area contributed by atoms with Crippen LogP contribution in [0.2, 0.25) is 0 Å². The summed E-state index contributed by atoms with van der Waals surface area (Å²) in [7, 11) is -3.97. The minimum absolute atomic E-state index is 0.0490. The van der Waals surface area contributed by atoms with E-state index in [0.29, 0.717) is 24.0 Å². The Hall–Kier alpha value is -4.80. The molecule has 1 aromatic rings. The van der Waals surface area contributed by atoms with E-state index in [0.717, 1.165) is 4.90 Å². The summed E-state index contributed by atoms with van der Waals surface area (Å²) in [6.07, 6.45) is 1.77.